The molecule has 1 atom stereocenters. The van der Waals surface area contributed by atoms with Gasteiger partial charge in [-0.05, 0) is 35.1 Å². The van der Waals surface area contributed by atoms with Crippen molar-refractivity contribution < 1.29 is 23.5 Å². The normalized spacial score (nSPS) is 17.6. The van der Waals surface area contributed by atoms with Crippen molar-refractivity contribution in [2.24, 2.45) is 0 Å². The van der Waals surface area contributed by atoms with Gasteiger partial charge in [-0.25, -0.2) is 4.79 Å². The van der Waals surface area contributed by atoms with E-state index in [-0.39, 0.29) is 41.6 Å². The number of piperidine rings is 1. The Morgan fingerprint density at radius 2 is 1.82 bits per heavy atom. The number of carbonyl (C=O) groups excluding carboxylic acids is 4. The molecule has 3 N–H and O–H groups in total. The highest BCUT2D eigenvalue weighted by molar-refractivity contribution is 6.05. The standard InChI is InChI=1S/C25H22N4O4.3H2/c30-22-12-11-21(23(31)28-22)29-14-19-16(7-3-9-18(19)24(29)32)13-26-25(33)27-20-10-4-6-15-5-1-2-8-17(15)20;;;/h1-10,21H,11-14H2,(H2,26,27,33)(H,28,30,31);3*1H. The Hall–Kier alpha value is -4.20. The van der Waals surface area contributed by atoms with E-state index < -0.39 is 11.9 Å². The number of benzene rings is 3. The maximum absolute atomic E-state index is 12.9. The van der Waals surface area contributed by atoms with E-state index in [1.807, 2.05) is 48.5 Å². The molecule has 8 nitrogen and oxygen atoms in total. The molecule has 1 saturated heterocycles. The Morgan fingerprint density at radius 3 is 2.67 bits per heavy atom. The van der Waals surface area contributed by atoms with Crippen LogP contribution in [0.5, 0.6) is 0 Å². The average molecular weight is 449 g/mol. The molecule has 1 fully saturated rings. The van der Waals surface area contributed by atoms with E-state index >= 15 is 0 Å². The van der Waals surface area contributed by atoms with E-state index in [9.17, 15) is 19.2 Å². The number of nitrogens with one attached hydrogen (secondary N) is 3. The van der Waals surface area contributed by atoms with Gasteiger partial charge in [-0.1, -0.05) is 48.5 Å². The van der Waals surface area contributed by atoms with E-state index in [1.165, 1.54) is 4.90 Å². The summed E-state index contributed by atoms with van der Waals surface area (Å²) in [5.41, 5.74) is 2.83. The number of imide groups is 1. The quantitative estimate of drug-likeness (QED) is 0.530. The Kier molecular flexibility index (Phi) is 5.26. The Balaban J connectivity index is 0.00000152. The van der Waals surface area contributed by atoms with Crippen molar-refractivity contribution in [1.29, 1.82) is 0 Å². The van der Waals surface area contributed by atoms with Crippen molar-refractivity contribution in [3.05, 3.63) is 77.4 Å². The van der Waals surface area contributed by atoms with Crippen molar-refractivity contribution in [3.8, 4) is 0 Å². The van der Waals surface area contributed by atoms with Crippen LogP contribution < -0.4 is 16.0 Å². The Bertz CT molecular complexity index is 1310. The molecule has 0 aliphatic carbocycles. The van der Waals surface area contributed by atoms with Crippen LogP contribution in [-0.2, 0) is 22.7 Å². The zero-order valence-corrected chi connectivity index (χ0v) is 17.8. The minimum absolute atomic E-state index is 0. The first-order chi connectivity index (χ1) is 16.0. The van der Waals surface area contributed by atoms with Gasteiger partial charge in [-0.3, -0.25) is 19.7 Å². The highest BCUT2D eigenvalue weighted by atomic mass is 16.2. The van der Waals surface area contributed by atoms with Crippen LogP contribution >= 0.6 is 0 Å². The maximum Gasteiger partial charge on any atom is 0.319 e. The number of carbonyl (C=O) groups is 4. The molecule has 8 heteroatoms. The van der Waals surface area contributed by atoms with E-state index in [1.54, 1.807) is 12.1 Å². The number of fused-ring (bicyclic) bond motifs is 2. The summed E-state index contributed by atoms with van der Waals surface area (Å²) in [5.74, 6) is -0.995. The number of rotatable bonds is 4. The van der Waals surface area contributed by atoms with Gasteiger partial charge in [0.05, 0.1) is 5.69 Å². The van der Waals surface area contributed by atoms with Crippen LogP contribution in [0.25, 0.3) is 10.8 Å². The maximum atomic E-state index is 12.9. The lowest BCUT2D eigenvalue weighted by atomic mass is 10.0. The largest absolute Gasteiger partial charge is 0.334 e. The lowest BCUT2D eigenvalue weighted by Gasteiger charge is -2.29. The number of hydrogen-bond acceptors (Lipinski definition) is 4. The van der Waals surface area contributed by atoms with Crippen molar-refractivity contribution in [1.82, 2.24) is 15.5 Å². The van der Waals surface area contributed by atoms with Crippen LogP contribution in [-0.4, -0.2) is 34.7 Å². The third-order valence-electron chi connectivity index (χ3n) is 6.16. The minimum Gasteiger partial charge on any atom is -0.334 e. The molecule has 2 aliphatic heterocycles. The molecule has 3 aromatic rings. The van der Waals surface area contributed by atoms with Crippen molar-refractivity contribution in [3.63, 3.8) is 0 Å². The van der Waals surface area contributed by atoms with E-state index in [0.29, 0.717) is 17.7 Å². The first-order valence-corrected chi connectivity index (χ1v) is 10.8. The SMILES string of the molecule is O=C1CCC(N2Cc3c(CNC(=O)Nc4cccc5ccccc45)cccc3C2=O)C(=O)N1.[HH].[HH].[HH]. The van der Waals surface area contributed by atoms with E-state index in [0.717, 1.165) is 21.9 Å². The summed E-state index contributed by atoms with van der Waals surface area (Å²) in [7, 11) is 0. The molecule has 2 aliphatic rings. The summed E-state index contributed by atoms with van der Waals surface area (Å²) in [6.45, 7) is 0.499. The van der Waals surface area contributed by atoms with Gasteiger partial charge in [0.1, 0.15) is 6.04 Å². The number of hydrogen-bond donors (Lipinski definition) is 3. The van der Waals surface area contributed by atoms with Crippen LogP contribution in [0.2, 0.25) is 0 Å². The second-order valence-electron chi connectivity index (χ2n) is 8.18. The fourth-order valence-corrected chi connectivity index (χ4v) is 4.49. The molecule has 0 spiro atoms. The summed E-state index contributed by atoms with van der Waals surface area (Å²) >= 11 is 0. The summed E-state index contributed by atoms with van der Waals surface area (Å²) in [4.78, 5) is 50.8. The second kappa shape index (κ2) is 8.38. The molecule has 0 radical (unpaired) electrons. The minimum atomic E-state index is -0.668. The molecule has 5 amide bonds. The van der Waals surface area contributed by atoms with Crippen LogP contribution in [0.1, 0.15) is 38.6 Å². The van der Waals surface area contributed by atoms with Crippen LogP contribution in [0, 0.1) is 0 Å². The highest BCUT2D eigenvalue weighted by Gasteiger charge is 2.39. The number of urea groups is 1. The van der Waals surface area contributed by atoms with Crippen molar-refractivity contribution in [2.45, 2.75) is 32.0 Å². The summed E-state index contributed by atoms with van der Waals surface area (Å²) in [6, 6.07) is 17.8. The van der Waals surface area contributed by atoms with Crippen molar-refractivity contribution >= 4 is 40.2 Å². The molecule has 5 rings (SSSR count). The fourth-order valence-electron chi connectivity index (χ4n) is 4.49. The molecule has 172 valence electrons. The lowest BCUT2D eigenvalue weighted by molar-refractivity contribution is -0.136. The van der Waals surface area contributed by atoms with Gasteiger partial charge in [0.25, 0.3) is 5.91 Å². The molecular weight excluding hydrogens is 420 g/mol. The summed E-state index contributed by atoms with van der Waals surface area (Å²) in [6.07, 6.45) is 0.519. The van der Waals surface area contributed by atoms with E-state index in [2.05, 4.69) is 16.0 Å². The number of anilines is 1. The molecule has 2 heterocycles. The first kappa shape index (κ1) is 20.7. The van der Waals surface area contributed by atoms with Crippen LogP contribution in [0.3, 0.4) is 0 Å². The van der Waals surface area contributed by atoms with Gasteiger partial charge in [0.2, 0.25) is 11.8 Å². The zero-order chi connectivity index (χ0) is 22.9. The number of amides is 5. The monoisotopic (exact) mass is 448 g/mol. The Morgan fingerprint density at radius 1 is 1.03 bits per heavy atom. The van der Waals surface area contributed by atoms with Gasteiger partial charge < -0.3 is 15.5 Å². The van der Waals surface area contributed by atoms with E-state index in [4.69, 9.17) is 0 Å². The molecular formula is C25H28N4O4. The molecule has 33 heavy (non-hydrogen) atoms. The van der Waals surface area contributed by atoms with Crippen molar-refractivity contribution in [2.75, 3.05) is 5.32 Å². The lowest BCUT2D eigenvalue weighted by Crippen LogP contribution is -2.52. The molecule has 0 bridgehead atoms. The molecule has 1 unspecified atom stereocenters. The smallest absolute Gasteiger partial charge is 0.319 e. The van der Waals surface area contributed by atoms with Gasteiger partial charge in [-0.15, -0.1) is 0 Å². The summed E-state index contributed by atoms with van der Waals surface area (Å²) in [5, 5.41) is 10.0. The average Bonchev–Trinajstić information content (AvgIpc) is 3.15. The van der Waals surface area contributed by atoms with Gasteiger partial charge >= 0.3 is 6.03 Å². The topological polar surface area (TPSA) is 108 Å². The number of nitrogens with zero attached hydrogens (tertiary/aromatic N) is 1. The predicted octanol–water partition coefficient (Wildman–Crippen LogP) is 3.66. The van der Waals surface area contributed by atoms with Crippen LogP contribution in [0.15, 0.2) is 60.7 Å². The third kappa shape index (κ3) is 3.91. The second-order valence-corrected chi connectivity index (χ2v) is 8.18. The molecule has 0 aromatic heterocycles. The highest BCUT2D eigenvalue weighted by Crippen LogP contribution is 2.30. The zero-order valence-electron chi connectivity index (χ0n) is 17.8. The van der Waals surface area contributed by atoms with Gasteiger partial charge in [0.15, 0.2) is 0 Å². The summed E-state index contributed by atoms with van der Waals surface area (Å²) < 4.78 is 0. The molecule has 0 saturated carbocycles. The Labute approximate surface area is 194 Å². The predicted molar refractivity (Wildman–Crippen MR) is 129 cm³/mol. The fraction of sp³-hybridized carbons (Fsp3) is 0.200. The van der Waals surface area contributed by atoms with Crippen LogP contribution in [0.4, 0.5) is 10.5 Å². The van der Waals surface area contributed by atoms with Gasteiger partial charge in [-0.2, -0.15) is 0 Å². The first-order valence-electron chi connectivity index (χ1n) is 10.8. The molecule has 3 aromatic carbocycles. The van der Waals surface area contributed by atoms with Gasteiger partial charge in [0, 0.05) is 34.7 Å². The third-order valence-corrected chi connectivity index (χ3v) is 6.16.